The zero-order valence-electron chi connectivity index (χ0n) is 12.2. The van der Waals surface area contributed by atoms with Crippen LogP contribution >= 0.6 is 0 Å². The molecule has 2 N–H and O–H groups in total. The maximum atomic E-state index is 13.8. The van der Waals surface area contributed by atoms with Crippen molar-refractivity contribution in [2.75, 3.05) is 19.4 Å². The maximum absolute atomic E-state index is 13.8. The van der Waals surface area contributed by atoms with Crippen molar-refractivity contribution in [2.45, 2.75) is 38.1 Å². The number of anilines is 1. The van der Waals surface area contributed by atoms with E-state index < -0.39 is 15.8 Å². The molecule has 0 radical (unpaired) electrons. The van der Waals surface area contributed by atoms with Gasteiger partial charge in [0.05, 0.1) is 17.7 Å². The van der Waals surface area contributed by atoms with E-state index in [4.69, 9.17) is 10.5 Å². The average molecular weight is 304 g/mol. The molecule has 20 heavy (non-hydrogen) atoms. The second-order valence-electron chi connectivity index (χ2n) is 4.74. The van der Waals surface area contributed by atoms with Gasteiger partial charge in [0.25, 0.3) is 0 Å². The third-order valence-corrected chi connectivity index (χ3v) is 4.93. The summed E-state index contributed by atoms with van der Waals surface area (Å²) in [5, 5.41) is 0. The fourth-order valence-electron chi connectivity index (χ4n) is 1.96. The molecule has 0 heterocycles. The van der Waals surface area contributed by atoms with Crippen molar-refractivity contribution < 1.29 is 17.5 Å². The molecule has 0 atom stereocenters. The number of hydrogen-bond acceptors (Lipinski definition) is 4. The maximum Gasteiger partial charge on any atom is 0.243 e. The Labute approximate surface area is 119 Å². The topological polar surface area (TPSA) is 72.6 Å². The van der Waals surface area contributed by atoms with Crippen molar-refractivity contribution in [3.63, 3.8) is 0 Å². The molecule has 0 saturated carbocycles. The van der Waals surface area contributed by atoms with Gasteiger partial charge in [-0.05, 0) is 32.4 Å². The van der Waals surface area contributed by atoms with Gasteiger partial charge in [-0.25, -0.2) is 12.8 Å². The van der Waals surface area contributed by atoms with E-state index in [1.807, 2.05) is 6.92 Å². The quantitative estimate of drug-likeness (QED) is 0.818. The van der Waals surface area contributed by atoms with Crippen molar-refractivity contribution >= 4 is 15.7 Å². The van der Waals surface area contributed by atoms with Gasteiger partial charge in [-0.3, -0.25) is 0 Å². The summed E-state index contributed by atoms with van der Waals surface area (Å²) in [7, 11) is -2.50. The first-order valence-electron chi connectivity index (χ1n) is 6.40. The average Bonchev–Trinajstić information content (AvgIpc) is 2.34. The van der Waals surface area contributed by atoms with E-state index in [0.717, 1.165) is 6.07 Å². The second kappa shape index (κ2) is 6.41. The lowest BCUT2D eigenvalue weighted by Crippen LogP contribution is -2.37. The van der Waals surface area contributed by atoms with Crippen LogP contribution in [-0.2, 0) is 10.0 Å². The molecule has 1 aromatic rings. The van der Waals surface area contributed by atoms with Gasteiger partial charge in [-0.1, -0.05) is 6.92 Å². The standard InChI is InChI=1S/C13H21FN2O3S/c1-5-6-16(9(2)3)20(17,18)10-7-11(14)13(19-4)12(15)8-10/h7-9H,5-6,15H2,1-4H3. The predicted molar refractivity (Wildman–Crippen MR) is 76.7 cm³/mol. The molecule has 1 rings (SSSR count). The molecular weight excluding hydrogens is 283 g/mol. The van der Waals surface area contributed by atoms with Gasteiger partial charge in [0.1, 0.15) is 0 Å². The fraction of sp³-hybridized carbons (Fsp3) is 0.538. The van der Waals surface area contributed by atoms with Crippen LogP contribution in [0.4, 0.5) is 10.1 Å². The van der Waals surface area contributed by atoms with E-state index in [1.54, 1.807) is 13.8 Å². The van der Waals surface area contributed by atoms with Gasteiger partial charge >= 0.3 is 0 Å². The number of ether oxygens (including phenoxy) is 1. The predicted octanol–water partition coefficient (Wildman–Crippen LogP) is 2.23. The molecule has 0 fully saturated rings. The highest BCUT2D eigenvalue weighted by Gasteiger charge is 2.28. The Morgan fingerprint density at radius 3 is 2.40 bits per heavy atom. The summed E-state index contributed by atoms with van der Waals surface area (Å²) in [4.78, 5) is -0.157. The van der Waals surface area contributed by atoms with Gasteiger partial charge in [0, 0.05) is 12.6 Å². The van der Waals surface area contributed by atoms with Crippen LogP contribution in [0.5, 0.6) is 5.75 Å². The summed E-state index contributed by atoms with van der Waals surface area (Å²) in [6, 6.07) is 1.95. The highest BCUT2D eigenvalue weighted by molar-refractivity contribution is 7.89. The third kappa shape index (κ3) is 3.21. The van der Waals surface area contributed by atoms with Crippen molar-refractivity contribution in [1.29, 1.82) is 0 Å². The Hall–Kier alpha value is -1.34. The van der Waals surface area contributed by atoms with E-state index in [0.29, 0.717) is 13.0 Å². The molecule has 0 aliphatic rings. The molecule has 5 nitrogen and oxygen atoms in total. The SMILES string of the molecule is CCCN(C(C)C)S(=O)(=O)c1cc(N)c(OC)c(F)c1. The Bertz CT molecular complexity index is 550. The van der Waals surface area contributed by atoms with Crippen molar-refractivity contribution in [2.24, 2.45) is 0 Å². The third-order valence-electron chi connectivity index (χ3n) is 2.88. The van der Waals surface area contributed by atoms with Crippen molar-refractivity contribution in [1.82, 2.24) is 4.31 Å². The fourth-order valence-corrected chi connectivity index (χ4v) is 3.74. The van der Waals surface area contributed by atoms with Gasteiger partial charge in [-0.2, -0.15) is 4.31 Å². The molecule has 114 valence electrons. The van der Waals surface area contributed by atoms with E-state index in [2.05, 4.69) is 0 Å². The lowest BCUT2D eigenvalue weighted by Gasteiger charge is -2.25. The first-order valence-corrected chi connectivity index (χ1v) is 7.84. The van der Waals surface area contributed by atoms with Crippen LogP contribution in [0.1, 0.15) is 27.2 Å². The second-order valence-corrected chi connectivity index (χ2v) is 6.63. The van der Waals surface area contributed by atoms with Crippen LogP contribution in [-0.4, -0.2) is 32.4 Å². The number of nitrogen functional groups attached to an aromatic ring is 1. The van der Waals surface area contributed by atoms with E-state index in [1.165, 1.54) is 17.5 Å². The summed E-state index contributed by atoms with van der Waals surface area (Å²) in [5.74, 6) is -0.929. The molecule has 0 unspecified atom stereocenters. The normalized spacial score (nSPS) is 12.2. The minimum atomic E-state index is -3.77. The summed E-state index contributed by atoms with van der Waals surface area (Å²) in [6.45, 7) is 5.80. The van der Waals surface area contributed by atoms with Crippen LogP contribution < -0.4 is 10.5 Å². The number of methoxy groups -OCH3 is 1. The van der Waals surface area contributed by atoms with Crippen molar-refractivity contribution in [3.8, 4) is 5.75 Å². The zero-order valence-corrected chi connectivity index (χ0v) is 13.0. The smallest absolute Gasteiger partial charge is 0.243 e. The highest BCUT2D eigenvalue weighted by atomic mass is 32.2. The highest BCUT2D eigenvalue weighted by Crippen LogP contribution is 2.30. The first kappa shape index (κ1) is 16.7. The molecule has 0 aliphatic heterocycles. The summed E-state index contributed by atoms with van der Waals surface area (Å²) in [6.07, 6.45) is 0.672. The summed E-state index contributed by atoms with van der Waals surface area (Å²) in [5.41, 5.74) is 5.60. The van der Waals surface area contributed by atoms with Crippen LogP contribution in [0.3, 0.4) is 0 Å². The Balaban J connectivity index is 3.35. The number of nitrogens with zero attached hydrogens (tertiary/aromatic N) is 1. The lowest BCUT2D eigenvalue weighted by molar-refractivity contribution is 0.353. The van der Waals surface area contributed by atoms with E-state index >= 15 is 0 Å². The minimum Gasteiger partial charge on any atom is -0.492 e. The monoisotopic (exact) mass is 304 g/mol. The van der Waals surface area contributed by atoms with Crippen LogP contribution in [0, 0.1) is 5.82 Å². The molecule has 1 aromatic carbocycles. The first-order chi connectivity index (χ1) is 9.25. The van der Waals surface area contributed by atoms with Crippen LogP contribution in [0.25, 0.3) is 0 Å². The van der Waals surface area contributed by atoms with E-state index in [-0.39, 0.29) is 22.4 Å². The van der Waals surface area contributed by atoms with Crippen LogP contribution in [0.15, 0.2) is 17.0 Å². The molecule has 7 heteroatoms. The molecule has 0 bridgehead atoms. The Morgan fingerprint density at radius 1 is 1.40 bits per heavy atom. The Kier molecular flexibility index (Phi) is 5.35. The molecule has 0 saturated heterocycles. The molecule has 0 amide bonds. The number of nitrogens with two attached hydrogens (primary N) is 1. The van der Waals surface area contributed by atoms with Crippen LogP contribution in [0.2, 0.25) is 0 Å². The number of benzene rings is 1. The minimum absolute atomic E-state index is 0.0359. The molecule has 0 aromatic heterocycles. The molecule has 0 spiro atoms. The number of rotatable bonds is 6. The largest absolute Gasteiger partial charge is 0.492 e. The zero-order chi connectivity index (χ0) is 15.5. The van der Waals surface area contributed by atoms with Gasteiger partial charge in [0.2, 0.25) is 10.0 Å². The van der Waals surface area contributed by atoms with Crippen molar-refractivity contribution in [3.05, 3.63) is 17.9 Å². The lowest BCUT2D eigenvalue weighted by atomic mass is 10.3. The van der Waals surface area contributed by atoms with Gasteiger partial charge in [-0.15, -0.1) is 0 Å². The van der Waals surface area contributed by atoms with Gasteiger partial charge in [0.15, 0.2) is 11.6 Å². The van der Waals surface area contributed by atoms with E-state index in [9.17, 15) is 12.8 Å². The molecule has 0 aliphatic carbocycles. The number of halogens is 1. The number of hydrogen-bond donors (Lipinski definition) is 1. The molecular formula is C13H21FN2O3S. The van der Waals surface area contributed by atoms with Gasteiger partial charge < -0.3 is 10.5 Å². The summed E-state index contributed by atoms with van der Waals surface area (Å²) >= 11 is 0. The summed E-state index contributed by atoms with van der Waals surface area (Å²) < 4.78 is 45.0. The number of sulfonamides is 1. The Morgan fingerprint density at radius 2 is 2.00 bits per heavy atom.